The van der Waals surface area contributed by atoms with Gasteiger partial charge in [0.1, 0.15) is 0 Å². The average Bonchev–Trinajstić information content (AvgIpc) is 3.43. The number of methoxy groups -OCH3 is 1. The molecule has 7 nitrogen and oxygen atoms in total. The first kappa shape index (κ1) is 27.7. The topological polar surface area (TPSA) is 67.7 Å². The molecule has 0 N–H and O–H groups in total. The lowest BCUT2D eigenvalue weighted by Crippen LogP contribution is -2.38. The fourth-order valence-corrected chi connectivity index (χ4v) is 6.86. The Morgan fingerprint density at radius 3 is 2.46 bits per heavy atom. The van der Waals surface area contributed by atoms with E-state index in [9.17, 15) is 8.42 Å². The van der Waals surface area contributed by atoms with Crippen LogP contribution in [-0.2, 0) is 21.3 Å². The fraction of sp³-hybridized carbons (Fsp3) is 0.480. The average molecular weight is 542 g/mol. The second kappa shape index (κ2) is 11.5. The summed E-state index contributed by atoms with van der Waals surface area (Å²) in [4.78, 5) is 2.39. The molecule has 35 heavy (non-hydrogen) atoms. The summed E-state index contributed by atoms with van der Waals surface area (Å²) in [5, 5.41) is 6.79. The van der Waals surface area contributed by atoms with Crippen LogP contribution in [0.5, 0.6) is 0 Å². The zero-order valence-electron chi connectivity index (χ0n) is 19.7. The number of benzene rings is 2. The summed E-state index contributed by atoms with van der Waals surface area (Å²) in [6.07, 6.45) is 1.63. The normalized spacial score (nSPS) is 16.5. The number of halogens is 2. The van der Waals surface area contributed by atoms with Gasteiger partial charge < -0.3 is 9.64 Å². The van der Waals surface area contributed by atoms with E-state index >= 15 is 0 Å². The molecule has 0 bridgehead atoms. The van der Waals surface area contributed by atoms with Crippen molar-refractivity contribution in [1.29, 1.82) is 0 Å². The summed E-state index contributed by atoms with van der Waals surface area (Å²) >= 11 is 12.8. The van der Waals surface area contributed by atoms with Gasteiger partial charge in [0.15, 0.2) is 5.82 Å². The molecule has 10 heteroatoms. The van der Waals surface area contributed by atoms with Crippen molar-refractivity contribution in [3.63, 3.8) is 0 Å². The van der Waals surface area contributed by atoms with Gasteiger partial charge in [-0.1, -0.05) is 36.7 Å². The Morgan fingerprint density at radius 1 is 1.14 bits per heavy atom. The molecule has 0 spiro atoms. The van der Waals surface area contributed by atoms with Gasteiger partial charge >= 0.3 is 0 Å². The Hall–Kier alpha value is -1.84. The van der Waals surface area contributed by atoms with Crippen LogP contribution in [0.4, 0.5) is 5.82 Å². The molecule has 3 aromatic rings. The summed E-state index contributed by atoms with van der Waals surface area (Å²) in [5.41, 5.74) is 1.60. The Morgan fingerprint density at radius 2 is 1.83 bits per heavy atom. The monoisotopic (exact) mass is 540 g/mol. The van der Waals surface area contributed by atoms with E-state index in [2.05, 4.69) is 18.7 Å². The Balaban J connectivity index is 0.00000342. The number of aromatic nitrogens is 2. The second-order valence-corrected chi connectivity index (χ2v) is 11.1. The van der Waals surface area contributed by atoms with E-state index < -0.39 is 10.0 Å². The molecule has 1 aliphatic heterocycles. The summed E-state index contributed by atoms with van der Waals surface area (Å²) in [6, 6.07) is 10.5. The predicted octanol–water partition coefficient (Wildman–Crippen LogP) is 5.67. The van der Waals surface area contributed by atoms with Gasteiger partial charge in [0.05, 0.1) is 23.6 Å². The predicted molar refractivity (Wildman–Crippen MR) is 144 cm³/mol. The summed E-state index contributed by atoms with van der Waals surface area (Å²) in [6.45, 7) is 6.87. The maximum Gasteiger partial charge on any atom is 0.243 e. The van der Waals surface area contributed by atoms with E-state index in [1.807, 2.05) is 16.8 Å². The zero-order valence-corrected chi connectivity index (χ0v) is 22.0. The quantitative estimate of drug-likeness (QED) is 0.349. The number of hydrogen-bond acceptors (Lipinski definition) is 5. The first-order valence-corrected chi connectivity index (χ1v) is 13.7. The molecule has 0 radical (unpaired) electrons. The molecule has 0 amide bonds. The maximum absolute atomic E-state index is 13.6. The van der Waals surface area contributed by atoms with Gasteiger partial charge in [0, 0.05) is 53.8 Å². The maximum atomic E-state index is 13.6. The lowest BCUT2D eigenvalue weighted by Gasteiger charge is -2.23. The largest absolute Gasteiger partial charge is 0.383 e. The van der Waals surface area contributed by atoms with E-state index in [1.54, 1.807) is 35.7 Å². The van der Waals surface area contributed by atoms with Crippen molar-refractivity contribution in [3.8, 4) is 0 Å². The van der Waals surface area contributed by atoms with Gasteiger partial charge in [-0.15, -0.1) is 0 Å². The summed E-state index contributed by atoms with van der Waals surface area (Å²) < 4.78 is 35.8. The minimum atomic E-state index is -3.66. The van der Waals surface area contributed by atoms with Gasteiger partial charge in [-0.05, 0) is 57.0 Å². The third-order valence-corrected chi connectivity index (χ3v) is 9.08. The number of rotatable bonds is 9. The smallest absolute Gasteiger partial charge is 0.243 e. The zero-order chi connectivity index (χ0) is 24.5. The van der Waals surface area contributed by atoms with Crippen LogP contribution >= 0.6 is 23.2 Å². The van der Waals surface area contributed by atoms with Crippen LogP contribution in [0.3, 0.4) is 0 Å². The number of sulfonamides is 1. The number of fused-ring (bicyclic) bond motifs is 1. The van der Waals surface area contributed by atoms with Crippen LogP contribution in [-0.4, -0.2) is 61.9 Å². The van der Waals surface area contributed by atoms with E-state index in [0.717, 1.165) is 48.2 Å². The van der Waals surface area contributed by atoms with Crippen LogP contribution in [0.2, 0.25) is 10.0 Å². The highest BCUT2D eigenvalue weighted by Gasteiger charge is 2.35. The first-order valence-electron chi connectivity index (χ1n) is 11.5. The van der Waals surface area contributed by atoms with Crippen LogP contribution in [0.15, 0.2) is 41.3 Å². The minimum absolute atomic E-state index is 0. The van der Waals surface area contributed by atoms with Crippen LogP contribution < -0.4 is 4.90 Å². The number of hydrogen-bond donors (Lipinski definition) is 0. The van der Waals surface area contributed by atoms with Gasteiger partial charge in [0.25, 0.3) is 0 Å². The van der Waals surface area contributed by atoms with Crippen molar-refractivity contribution in [2.75, 3.05) is 38.3 Å². The molecule has 4 rings (SSSR count). The number of ether oxygens (including phenoxy) is 1. The Bertz CT molecular complexity index is 1250. The molecule has 2 heterocycles. The van der Waals surface area contributed by atoms with E-state index in [-0.39, 0.29) is 18.4 Å². The minimum Gasteiger partial charge on any atom is -0.383 e. The van der Waals surface area contributed by atoms with Crippen LogP contribution in [0, 0.1) is 0 Å². The molecule has 0 aliphatic carbocycles. The SMILES string of the molecule is C.CCN(CC)c1nn(Cc2c(Cl)cccc2Cl)c2ccc(S(=O)(=O)N3CCC[C@H]3COC)cc12. The van der Waals surface area contributed by atoms with Crippen molar-refractivity contribution < 1.29 is 13.2 Å². The number of anilines is 1. The molecule has 1 saturated heterocycles. The van der Waals surface area contributed by atoms with Gasteiger partial charge in [-0.25, -0.2) is 8.42 Å². The molecule has 2 aromatic carbocycles. The van der Waals surface area contributed by atoms with Crippen molar-refractivity contribution in [2.45, 2.75) is 51.6 Å². The van der Waals surface area contributed by atoms with E-state index in [1.165, 1.54) is 0 Å². The highest BCUT2D eigenvalue weighted by molar-refractivity contribution is 7.89. The van der Waals surface area contributed by atoms with Crippen molar-refractivity contribution in [2.24, 2.45) is 0 Å². The molecule has 192 valence electrons. The second-order valence-electron chi connectivity index (χ2n) is 8.40. The lowest BCUT2D eigenvalue weighted by atomic mass is 10.2. The highest BCUT2D eigenvalue weighted by atomic mass is 35.5. The van der Waals surface area contributed by atoms with Crippen LogP contribution in [0.1, 0.15) is 39.7 Å². The standard InChI is InChI=1S/C24H30Cl2N4O3S.CH4/c1-4-28(5-2)24-19-14-18(34(31,32)30-13-7-8-17(30)16-33-3)11-12-23(19)29(27-24)15-20-21(25)9-6-10-22(20)26;/h6,9-12,14,17H,4-5,7-8,13,15-16H2,1-3H3;1H4/t17-;/m0./s1. The van der Waals surface area contributed by atoms with E-state index in [0.29, 0.717) is 29.7 Å². The van der Waals surface area contributed by atoms with Crippen molar-refractivity contribution in [3.05, 3.63) is 52.0 Å². The molecular weight excluding hydrogens is 507 g/mol. The molecule has 1 aromatic heterocycles. The van der Waals surface area contributed by atoms with E-state index in [4.69, 9.17) is 33.0 Å². The molecular formula is C25H34Cl2N4O3S. The summed E-state index contributed by atoms with van der Waals surface area (Å²) in [5.74, 6) is 0.745. The Labute approximate surface area is 218 Å². The molecule has 1 aliphatic rings. The molecule has 1 atom stereocenters. The third-order valence-electron chi connectivity index (χ3n) is 6.42. The molecule has 1 fully saturated rings. The molecule has 0 unspecified atom stereocenters. The van der Waals surface area contributed by atoms with Crippen LogP contribution in [0.25, 0.3) is 10.9 Å². The van der Waals surface area contributed by atoms with Gasteiger partial charge in [0.2, 0.25) is 10.0 Å². The van der Waals surface area contributed by atoms with Crippen molar-refractivity contribution >= 4 is 49.9 Å². The fourth-order valence-electron chi connectivity index (χ4n) is 4.63. The lowest BCUT2D eigenvalue weighted by molar-refractivity contribution is 0.149. The van der Waals surface area contributed by atoms with Gasteiger partial charge in [-0.2, -0.15) is 9.40 Å². The molecule has 0 saturated carbocycles. The third kappa shape index (κ3) is 5.32. The van der Waals surface area contributed by atoms with Crippen molar-refractivity contribution in [1.82, 2.24) is 14.1 Å². The Kier molecular flexibility index (Phi) is 9.10. The number of nitrogens with zero attached hydrogens (tertiary/aromatic N) is 4. The highest BCUT2D eigenvalue weighted by Crippen LogP contribution is 2.34. The summed E-state index contributed by atoms with van der Waals surface area (Å²) in [7, 11) is -2.06. The first-order chi connectivity index (χ1) is 16.3. The van der Waals surface area contributed by atoms with Gasteiger partial charge in [-0.3, -0.25) is 4.68 Å².